The van der Waals surface area contributed by atoms with Gasteiger partial charge in [-0.3, -0.25) is 4.68 Å². The largest absolute Gasteiger partial charge is 0.258 e. The first-order valence-corrected chi connectivity index (χ1v) is 2.19. The van der Waals surface area contributed by atoms with E-state index in [1.807, 2.05) is 6.07 Å². The van der Waals surface area contributed by atoms with Gasteiger partial charge in [0.05, 0.1) is 12.3 Å². The summed E-state index contributed by atoms with van der Waals surface area (Å²) in [7, 11) is 0. The van der Waals surface area contributed by atoms with Gasteiger partial charge in [0.25, 0.3) is 0 Å². The van der Waals surface area contributed by atoms with Crippen LogP contribution in [0.2, 0.25) is 0 Å². The fourth-order valence-electron chi connectivity index (χ4n) is 0.419. The molecular weight excluding hydrogens is 102 g/mol. The lowest BCUT2D eigenvalue weighted by atomic mass is 10.7. The smallest absolute Gasteiger partial charge is 0.128 e. The standard InChI is InChI=1S/C5H4N3/c6-2-5-8-4-1-3-7-8/h3-4H,5H2. The van der Waals surface area contributed by atoms with Gasteiger partial charge in [0.1, 0.15) is 6.54 Å². The molecule has 1 aromatic rings. The van der Waals surface area contributed by atoms with Gasteiger partial charge in [0, 0.05) is 12.3 Å². The van der Waals surface area contributed by atoms with Crippen LogP contribution >= 0.6 is 0 Å². The van der Waals surface area contributed by atoms with Gasteiger partial charge in [-0.15, -0.1) is 0 Å². The molecule has 0 N–H and O–H groups in total. The molecule has 0 saturated carbocycles. The van der Waals surface area contributed by atoms with Crippen molar-refractivity contribution in [2.24, 2.45) is 0 Å². The van der Waals surface area contributed by atoms with Crippen molar-refractivity contribution in [2.45, 2.75) is 6.54 Å². The topological polar surface area (TPSA) is 41.6 Å². The van der Waals surface area contributed by atoms with E-state index in [9.17, 15) is 0 Å². The third kappa shape index (κ3) is 0.850. The highest BCUT2D eigenvalue weighted by atomic mass is 15.3. The molecule has 1 heterocycles. The third-order valence-corrected chi connectivity index (χ3v) is 0.737. The molecule has 1 radical (unpaired) electrons. The summed E-state index contributed by atoms with van der Waals surface area (Å²) < 4.78 is 1.51. The molecule has 3 nitrogen and oxygen atoms in total. The Balaban J connectivity index is 2.67. The van der Waals surface area contributed by atoms with Crippen molar-refractivity contribution in [3.63, 3.8) is 0 Å². The highest BCUT2D eigenvalue weighted by Crippen LogP contribution is 1.79. The Morgan fingerprint density at radius 3 is 3.25 bits per heavy atom. The summed E-state index contributed by atoms with van der Waals surface area (Å²) in [5.74, 6) is 0. The molecule has 39 valence electrons. The van der Waals surface area contributed by atoms with Crippen LogP contribution in [0.25, 0.3) is 0 Å². The summed E-state index contributed by atoms with van der Waals surface area (Å²) in [6.45, 7) is 0.309. The Kier molecular flexibility index (Phi) is 1.29. The molecule has 3 heteroatoms. The van der Waals surface area contributed by atoms with E-state index in [0.29, 0.717) is 6.54 Å². The molecule has 0 aliphatic heterocycles. The molecule has 0 unspecified atom stereocenters. The van der Waals surface area contributed by atoms with E-state index in [1.165, 1.54) is 10.9 Å². The minimum absolute atomic E-state index is 0.309. The molecule has 0 saturated heterocycles. The van der Waals surface area contributed by atoms with E-state index in [-0.39, 0.29) is 0 Å². The van der Waals surface area contributed by atoms with Crippen LogP contribution in [0.5, 0.6) is 0 Å². The van der Waals surface area contributed by atoms with Crippen molar-refractivity contribution in [3.8, 4) is 6.07 Å². The summed E-state index contributed by atoms with van der Waals surface area (Å²) in [6.07, 6.45) is 3.15. The van der Waals surface area contributed by atoms with Gasteiger partial charge in [-0.1, -0.05) is 0 Å². The van der Waals surface area contributed by atoms with E-state index in [2.05, 4.69) is 11.2 Å². The Morgan fingerprint density at radius 2 is 2.75 bits per heavy atom. The molecule has 0 aliphatic rings. The molecule has 0 spiro atoms. The molecule has 8 heavy (non-hydrogen) atoms. The van der Waals surface area contributed by atoms with Crippen LogP contribution in [0.3, 0.4) is 0 Å². The molecule has 0 amide bonds. The molecule has 0 fully saturated rings. The maximum Gasteiger partial charge on any atom is 0.128 e. The predicted molar refractivity (Wildman–Crippen MR) is 26.7 cm³/mol. The zero-order valence-corrected chi connectivity index (χ0v) is 4.20. The molecule has 0 aliphatic carbocycles. The van der Waals surface area contributed by atoms with Crippen molar-refractivity contribution in [1.82, 2.24) is 9.78 Å². The molecule has 0 atom stereocenters. The van der Waals surface area contributed by atoms with Gasteiger partial charge in [0.2, 0.25) is 0 Å². The first-order chi connectivity index (χ1) is 3.93. The summed E-state index contributed by atoms with van der Waals surface area (Å²) in [4.78, 5) is 0. The van der Waals surface area contributed by atoms with E-state index < -0.39 is 0 Å². The van der Waals surface area contributed by atoms with Crippen LogP contribution in [0.4, 0.5) is 0 Å². The minimum atomic E-state index is 0.309. The SMILES string of the molecule is N#CCn1c[c]cn1. The molecule has 1 aromatic heterocycles. The predicted octanol–water partition coefficient (Wildman–Crippen LogP) is 0.207. The maximum absolute atomic E-state index is 8.11. The minimum Gasteiger partial charge on any atom is -0.258 e. The van der Waals surface area contributed by atoms with Gasteiger partial charge in [0.15, 0.2) is 0 Å². The fourth-order valence-corrected chi connectivity index (χ4v) is 0.419. The summed E-state index contributed by atoms with van der Waals surface area (Å²) >= 11 is 0. The lowest BCUT2D eigenvalue weighted by molar-refractivity contribution is 0.710. The van der Waals surface area contributed by atoms with E-state index in [4.69, 9.17) is 5.26 Å². The normalized spacial score (nSPS) is 8.38. The molecule has 1 rings (SSSR count). The second kappa shape index (κ2) is 2.12. The first-order valence-electron chi connectivity index (χ1n) is 2.19. The van der Waals surface area contributed by atoms with Gasteiger partial charge < -0.3 is 0 Å². The van der Waals surface area contributed by atoms with Crippen LogP contribution in [0.1, 0.15) is 0 Å². The second-order valence-electron chi connectivity index (χ2n) is 1.30. The van der Waals surface area contributed by atoms with Crippen molar-refractivity contribution in [1.29, 1.82) is 5.26 Å². The number of hydrogen-bond acceptors (Lipinski definition) is 2. The highest BCUT2D eigenvalue weighted by molar-refractivity contribution is 4.79. The van der Waals surface area contributed by atoms with Crippen molar-refractivity contribution >= 4 is 0 Å². The number of hydrogen-bond donors (Lipinski definition) is 0. The van der Waals surface area contributed by atoms with Crippen LogP contribution in [0.15, 0.2) is 12.4 Å². The van der Waals surface area contributed by atoms with E-state index >= 15 is 0 Å². The lowest BCUT2D eigenvalue weighted by Gasteiger charge is -1.85. The van der Waals surface area contributed by atoms with E-state index in [1.54, 1.807) is 6.20 Å². The Bertz CT molecular complexity index is 182. The quantitative estimate of drug-likeness (QED) is 0.513. The van der Waals surface area contributed by atoms with Gasteiger partial charge in [-0.25, -0.2) is 0 Å². The van der Waals surface area contributed by atoms with Crippen LogP contribution in [-0.2, 0) is 6.54 Å². The summed E-state index contributed by atoms with van der Waals surface area (Å²) in [6, 6.07) is 4.67. The zero-order valence-electron chi connectivity index (χ0n) is 4.20. The summed E-state index contributed by atoms with van der Waals surface area (Å²) in [5, 5.41) is 11.9. The van der Waals surface area contributed by atoms with Gasteiger partial charge in [-0.05, 0) is 0 Å². The second-order valence-corrected chi connectivity index (χ2v) is 1.30. The van der Waals surface area contributed by atoms with Crippen molar-refractivity contribution < 1.29 is 0 Å². The van der Waals surface area contributed by atoms with Crippen molar-refractivity contribution in [2.75, 3.05) is 0 Å². The Hall–Kier alpha value is -1.30. The van der Waals surface area contributed by atoms with Gasteiger partial charge in [-0.2, -0.15) is 10.4 Å². The number of rotatable bonds is 1. The maximum atomic E-state index is 8.11. The van der Waals surface area contributed by atoms with Gasteiger partial charge >= 0.3 is 0 Å². The van der Waals surface area contributed by atoms with Crippen LogP contribution in [-0.4, -0.2) is 9.78 Å². The summed E-state index contributed by atoms with van der Waals surface area (Å²) in [5.41, 5.74) is 0. The first kappa shape index (κ1) is 4.85. The Morgan fingerprint density at radius 1 is 1.88 bits per heavy atom. The molecule has 0 aromatic carbocycles. The van der Waals surface area contributed by atoms with Crippen LogP contribution in [0, 0.1) is 17.4 Å². The fraction of sp³-hybridized carbons (Fsp3) is 0.200. The monoisotopic (exact) mass is 106 g/mol. The Labute approximate surface area is 47.2 Å². The number of aromatic nitrogens is 2. The average Bonchev–Trinajstić information content (AvgIpc) is 2.19. The molecule has 0 bridgehead atoms. The number of nitriles is 1. The van der Waals surface area contributed by atoms with Crippen molar-refractivity contribution in [3.05, 3.63) is 18.5 Å². The third-order valence-electron chi connectivity index (χ3n) is 0.737. The van der Waals surface area contributed by atoms with E-state index in [0.717, 1.165) is 0 Å². The lowest BCUT2D eigenvalue weighted by Crippen LogP contribution is -1.93. The number of nitrogens with zero attached hydrogens (tertiary/aromatic N) is 3. The zero-order chi connectivity index (χ0) is 5.82. The average molecular weight is 106 g/mol. The molecular formula is C5H4N3. The highest BCUT2D eigenvalue weighted by Gasteiger charge is 1.82. The van der Waals surface area contributed by atoms with Crippen LogP contribution < -0.4 is 0 Å².